The van der Waals surface area contributed by atoms with Gasteiger partial charge in [-0.3, -0.25) is 14.5 Å². The van der Waals surface area contributed by atoms with Crippen LogP contribution in [0.2, 0.25) is 0 Å². The molecule has 3 aromatic rings. The van der Waals surface area contributed by atoms with Crippen LogP contribution in [0, 0.1) is 12.7 Å². The molecule has 2 aromatic heterocycles. The highest BCUT2D eigenvalue weighted by molar-refractivity contribution is 5.94. The summed E-state index contributed by atoms with van der Waals surface area (Å²) in [5.74, 6) is -1.69. The van der Waals surface area contributed by atoms with Crippen molar-refractivity contribution < 1.29 is 19.1 Å². The van der Waals surface area contributed by atoms with Crippen molar-refractivity contribution in [3.63, 3.8) is 0 Å². The maximum absolute atomic E-state index is 13.2. The fraction of sp³-hybridized carbons (Fsp3) is 0.238. The summed E-state index contributed by atoms with van der Waals surface area (Å²) in [6.45, 7) is 2.76. The molecule has 1 aliphatic rings. The molecule has 0 spiro atoms. The summed E-state index contributed by atoms with van der Waals surface area (Å²) in [6, 6.07) is 9.60. The van der Waals surface area contributed by atoms with E-state index in [-0.39, 0.29) is 24.0 Å². The van der Waals surface area contributed by atoms with Crippen LogP contribution in [0.4, 0.5) is 4.39 Å². The zero-order valence-electron chi connectivity index (χ0n) is 15.8. The van der Waals surface area contributed by atoms with E-state index in [9.17, 15) is 19.1 Å². The third kappa shape index (κ3) is 3.61. The van der Waals surface area contributed by atoms with Gasteiger partial charge in [0.25, 0.3) is 5.91 Å². The van der Waals surface area contributed by atoms with Crippen LogP contribution in [-0.2, 0) is 19.5 Å². The Morgan fingerprint density at radius 2 is 1.93 bits per heavy atom. The van der Waals surface area contributed by atoms with E-state index < -0.39 is 5.97 Å². The van der Waals surface area contributed by atoms with E-state index in [0.717, 1.165) is 16.8 Å². The van der Waals surface area contributed by atoms with Gasteiger partial charge in [0.1, 0.15) is 11.5 Å². The van der Waals surface area contributed by atoms with Gasteiger partial charge < -0.3 is 10.0 Å². The Bertz CT molecular complexity index is 1090. The number of pyridine rings is 1. The minimum Gasteiger partial charge on any atom is -0.476 e. The number of amides is 1. The quantitative estimate of drug-likeness (QED) is 0.735. The van der Waals surface area contributed by atoms with Crippen molar-refractivity contribution in [2.45, 2.75) is 26.4 Å². The maximum Gasteiger partial charge on any atom is 0.356 e. The minimum atomic E-state index is -1.14. The van der Waals surface area contributed by atoms with Crippen LogP contribution in [0.5, 0.6) is 0 Å². The van der Waals surface area contributed by atoms with Crippen LogP contribution in [-0.4, -0.2) is 43.2 Å². The first-order valence-electron chi connectivity index (χ1n) is 9.21. The molecule has 0 bridgehead atoms. The maximum atomic E-state index is 13.2. The first-order chi connectivity index (χ1) is 13.9. The average molecular weight is 394 g/mol. The van der Waals surface area contributed by atoms with Gasteiger partial charge >= 0.3 is 5.97 Å². The number of aromatic carboxylic acids is 1. The van der Waals surface area contributed by atoms with Gasteiger partial charge in [-0.1, -0.05) is 18.2 Å². The third-order valence-electron chi connectivity index (χ3n) is 5.08. The van der Waals surface area contributed by atoms with Gasteiger partial charge in [0, 0.05) is 30.4 Å². The topological polar surface area (TPSA) is 88.3 Å². The number of carbonyl (C=O) groups is 2. The summed E-state index contributed by atoms with van der Waals surface area (Å²) in [5, 5.41) is 13.9. The lowest BCUT2D eigenvalue weighted by Crippen LogP contribution is -2.37. The molecule has 0 saturated carbocycles. The highest BCUT2D eigenvalue weighted by atomic mass is 19.1. The van der Waals surface area contributed by atoms with Gasteiger partial charge in [-0.05, 0) is 36.2 Å². The van der Waals surface area contributed by atoms with Crippen LogP contribution in [0.3, 0.4) is 0 Å². The van der Waals surface area contributed by atoms with Gasteiger partial charge in [-0.25, -0.2) is 9.18 Å². The zero-order valence-corrected chi connectivity index (χ0v) is 15.8. The number of carbonyl (C=O) groups excluding carboxylic acids is 1. The molecule has 148 valence electrons. The molecular weight excluding hydrogens is 375 g/mol. The molecule has 4 rings (SSSR count). The SMILES string of the molecule is Cc1cccnc1C(=O)N1CCc2c(c(C(=O)O)nn2Cc2ccc(F)cc2)C1. The normalized spacial score (nSPS) is 13.2. The molecular formula is C21H19FN4O3. The molecule has 0 unspecified atom stereocenters. The second-order valence-electron chi connectivity index (χ2n) is 7.01. The summed E-state index contributed by atoms with van der Waals surface area (Å²) in [6.07, 6.45) is 2.05. The standard InChI is InChI=1S/C21H19FN4O3/c1-13-3-2-9-23-18(13)20(27)25-10-8-17-16(12-25)19(21(28)29)24-26(17)11-14-4-6-15(22)7-5-14/h2-7,9H,8,10-12H2,1H3,(H,28,29). The number of halogens is 1. The molecule has 0 atom stereocenters. The van der Waals surface area contributed by atoms with Gasteiger partial charge in [-0.2, -0.15) is 5.10 Å². The Morgan fingerprint density at radius 3 is 2.62 bits per heavy atom. The van der Waals surface area contributed by atoms with E-state index in [1.54, 1.807) is 34.0 Å². The van der Waals surface area contributed by atoms with Crippen molar-refractivity contribution in [2.24, 2.45) is 0 Å². The van der Waals surface area contributed by atoms with Crippen molar-refractivity contribution in [1.29, 1.82) is 0 Å². The number of hydrogen-bond acceptors (Lipinski definition) is 4. The van der Waals surface area contributed by atoms with Crippen LogP contribution >= 0.6 is 0 Å². The molecule has 0 aliphatic carbocycles. The second kappa shape index (κ2) is 7.46. The molecule has 0 fully saturated rings. The van der Waals surface area contributed by atoms with Gasteiger partial charge in [0.05, 0.1) is 13.1 Å². The fourth-order valence-electron chi connectivity index (χ4n) is 3.59. The number of carboxylic acids is 1. The first-order valence-corrected chi connectivity index (χ1v) is 9.21. The highest BCUT2D eigenvalue weighted by Gasteiger charge is 2.31. The number of carboxylic acid groups (broad SMARTS) is 1. The van der Waals surface area contributed by atoms with Crippen LogP contribution in [0.25, 0.3) is 0 Å². The largest absolute Gasteiger partial charge is 0.476 e. The van der Waals surface area contributed by atoms with Gasteiger partial charge in [0.15, 0.2) is 5.69 Å². The van der Waals surface area contributed by atoms with E-state index in [2.05, 4.69) is 10.1 Å². The Balaban J connectivity index is 1.64. The number of fused-ring (bicyclic) bond motifs is 1. The van der Waals surface area contributed by atoms with Crippen molar-refractivity contribution >= 4 is 11.9 Å². The van der Waals surface area contributed by atoms with Crippen LogP contribution in [0.15, 0.2) is 42.6 Å². The summed E-state index contributed by atoms with van der Waals surface area (Å²) in [7, 11) is 0. The summed E-state index contributed by atoms with van der Waals surface area (Å²) in [4.78, 5) is 30.4. The van der Waals surface area contributed by atoms with E-state index >= 15 is 0 Å². The summed E-state index contributed by atoms with van der Waals surface area (Å²) >= 11 is 0. The Kier molecular flexibility index (Phi) is 4.84. The molecule has 0 radical (unpaired) electrons. The molecule has 1 aliphatic heterocycles. The van der Waals surface area contributed by atoms with Crippen molar-refractivity contribution in [1.82, 2.24) is 19.7 Å². The van der Waals surface area contributed by atoms with Crippen molar-refractivity contribution in [3.8, 4) is 0 Å². The molecule has 1 amide bonds. The highest BCUT2D eigenvalue weighted by Crippen LogP contribution is 2.25. The number of aryl methyl sites for hydroxylation is 1. The monoisotopic (exact) mass is 394 g/mol. The van der Waals surface area contributed by atoms with Crippen molar-refractivity contribution in [2.75, 3.05) is 6.54 Å². The number of benzene rings is 1. The smallest absolute Gasteiger partial charge is 0.356 e. The van der Waals surface area contributed by atoms with Crippen molar-refractivity contribution in [3.05, 3.63) is 82.2 Å². The van der Waals surface area contributed by atoms with E-state index in [4.69, 9.17) is 0 Å². The van der Waals surface area contributed by atoms with E-state index in [1.165, 1.54) is 12.1 Å². The minimum absolute atomic E-state index is 0.0580. The number of aromatic nitrogens is 3. The first kappa shape index (κ1) is 18.8. The van der Waals surface area contributed by atoms with Crippen LogP contribution in [0.1, 0.15) is 43.4 Å². The predicted octanol–water partition coefficient (Wildman–Crippen LogP) is 2.67. The number of nitrogens with zero attached hydrogens (tertiary/aromatic N) is 4. The zero-order chi connectivity index (χ0) is 20.5. The predicted molar refractivity (Wildman–Crippen MR) is 102 cm³/mol. The lowest BCUT2D eigenvalue weighted by Gasteiger charge is -2.28. The number of hydrogen-bond donors (Lipinski definition) is 1. The Morgan fingerprint density at radius 1 is 1.17 bits per heavy atom. The molecule has 8 heteroatoms. The fourth-order valence-corrected chi connectivity index (χ4v) is 3.59. The molecule has 29 heavy (non-hydrogen) atoms. The molecule has 0 saturated heterocycles. The molecule has 3 heterocycles. The van der Waals surface area contributed by atoms with Gasteiger partial charge in [-0.15, -0.1) is 0 Å². The lowest BCUT2D eigenvalue weighted by molar-refractivity contribution is 0.0672. The lowest BCUT2D eigenvalue weighted by atomic mass is 10.0. The van der Waals surface area contributed by atoms with Crippen LogP contribution < -0.4 is 0 Å². The molecule has 1 aromatic carbocycles. The average Bonchev–Trinajstić information content (AvgIpc) is 3.07. The Labute approximate surface area is 166 Å². The Hall–Kier alpha value is -3.55. The second-order valence-corrected chi connectivity index (χ2v) is 7.01. The summed E-state index contributed by atoms with van der Waals surface area (Å²) < 4.78 is 14.8. The van der Waals surface area contributed by atoms with E-state index in [0.29, 0.717) is 30.8 Å². The molecule has 7 nitrogen and oxygen atoms in total. The number of rotatable bonds is 4. The molecule has 1 N–H and O–H groups in total. The third-order valence-corrected chi connectivity index (χ3v) is 5.08. The van der Waals surface area contributed by atoms with E-state index in [1.807, 2.05) is 13.0 Å². The summed E-state index contributed by atoms with van der Waals surface area (Å²) in [5.41, 5.74) is 3.22. The van der Waals surface area contributed by atoms with Gasteiger partial charge in [0.2, 0.25) is 0 Å².